The van der Waals surface area contributed by atoms with Gasteiger partial charge in [0.2, 0.25) is 5.91 Å². The molecule has 1 aromatic carbocycles. The molecule has 1 aliphatic carbocycles. The van der Waals surface area contributed by atoms with E-state index in [4.69, 9.17) is 11.6 Å². The summed E-state index contributed by atoms with van der Waals surface area (Å²) in [7, 11) is -3.00. The zero-order valence-electron chi connectivity index (χ0n) is 13.2. The predicted molar refractivity (Wildman–Crippen MR) is 91.4 cm³/mol. The van der Waals surface area contributed by atoms with Crippen molar-refractivity contribution in [2.45, 2.75) is 38.1 Å². The maximum Gasteiger partial charge on any atom is 0.230 e. The average Bonchev–Trinajstić information content (AvgIpc) is 3.26. The predicted octanol–water partition coefficient (Wildman–Crippen LogP) is 2.87. The minimum atomic E-state index is -3.00. The van der Waals surface area contributed by atoms with Gasteiger partial charge in [0.05, 0.1) is 17.4 Å². The number of benzene rings is 1. The molecule has 2 atom stereocenters. The molecule has 0 spiro atoms. The van der Waals surface area contributed by atoms with Gasteiger partial charge in [0.15, 0.2) is 9.84 Å². The van der Waals surface area contributed by atoms with Crippen molar-refractivity contribution in [1.82, 2.24) is 4.90 Å². The lowest BCUT2D eigenvalue weighted by Gasteiger charge is -2.31. The SMILES string of the molecule is CCN(C(=O)C(c1ccc(Cl)cc1)C1CC1)C1CCS(=O)(=O)C1. The Balaban J connectivity index is 1.84. The molecule has 1 amide bonds. The van der Waals surface area contributed by atoms with E-state index in [-0.39, 0.29) is 29.4 Å². The van der Waals surface area contributed by atoms with Gasteiger partial charge in [0.25, 0.3) is 0 Å². The third kappa shape index (κ3) is 3.72. The first kappa shape index (κ1) is 16.8. The van der Waals surface area contributed by atoms with Gasteiger partial charge in [-0.2, -0.15) is 0 Å². The molecule has 1 aliphatic heterocycles. The number of rotatable bonds is 5. The van der Waals surface area contributed by atoms with Crippen LogP contribution >= 0.6 is 11.6 Å². The third-order valence-corrected chi connectivity index (χ3v) is 6.86. The fourth-order valence-corrected chi connectivity index (χ4v) is 5.37. The second kappa shape index (κ2) is 6.44. The van der Waals surface area contributed by atoms with E-state index in [0.717, 1.165) is 18.4 Å². The molecule has 0 N–H and O–H groups in total. The Bertz CT molecular complexity index is 682. The molecule has 1 saturated heterocycles. The standard InChI is InChI=1S/C17H22ClNO3S/c1-2-19(15-9-10-23(21,22)11-15)17(20)16(12-3-4-12)13-5-7-14(18)8-6-13/h5-8,12,15-16H,2-4,9-11H2,1H3. The van der Waals surface area contributed by atoms with Gasteiger partial charge in [0.1, 0.15) is 0 Å². The van der Waals surface area contributed by atoms with Crippen LogP contribution in [-0.4, -0.2) is 43.3 Å². The number of hydrogen-bond donors (Lipinski definition) is 0. The molecule has 126 valence electrons. The highest BCUT2D eigenvalue weighted by Gasteiger charge is 2.42. The van der Waals surface area contributed by atoms with Crippen LogP contribution < -0.4 is 0 Å². The Hall–Kier alpha value is -1.07. The van der Waals surface area contributed by atoms with E-state index in [2.05, 4.69) is 0 Å². The molecule has 0 aromatic heterocycles. The molecule has 3 rings (SSSR count). The molecule has 6 heteroatoms. The minimum Gasteiger partial charge on any atom is -0.338 e. The number of carbonyl (C=O) groups is 1. The summed E-state index contributed by atoms with van der Waals surface area (Å²) in [4.78, 5) is 14.9. The summed E-state index contributed by atoms with van der Waals surface area (Å²) in [5.74, 6) is 0.562. The van der Waals surface area contributed by atoms with Crippen LogP contribution in [0.4, 0.5) is 0 Å². The zero-order valence-corrected chi connectivity index (χ0v) is 14.8. The molecular weight excluding hydrogens is 334 g/mol. The van der Waals surface area contributed by atoms with Crippen molar-refractivity contribution in [3.8, 4) is 0 Å². The van der Waals surface area contributed by atoms with Gasteiger partial charge in [-0.1, -0.05) is 23.7 Å². The van der Waals surface area contributed by atoms with Crippen LogP contribution in [0.1, 0.15) is 37.7 Å². The monoisotopic (exact) mass is 355 g/mol. The minimum absolute atomic E-state index is 0.0689. The van der Waals surface area contributed by atoms with Crippen LogP contribution in [0.5, 0.6) is 0 Å². The Labute approximate surface area is 142 Å². The summed E-state index contributed by atoms with van der Waals surface area (Å²) in [6, 6.07) is 7.29. The summed E-state index contributed by atoms with van der Waals surface area (Å²) in [6.45, 7) is 2.48. The largest absolute Gasteiger partial charge is 0.338 e. The molecular formula is C17H22ClNO3S. The number of halogens is 1. The third-order valence-electron chi connectivity index (χ3n) is 4.86. The Morgan fingerprint density at radius 3 is 2.39 bits per heavy atom. The van der Waals surface area contributed by atoms with E-state index >= 15 is 0 Å². The molecule has 0 bridgehead atoms. The van der Waals surface area contributed by atoms with Crippen molar-refractivity contribution in [3.05, 3.63) is 34.9 Å². The van der Waals surface area contributed by atoms with E-state index in [0.29, 0.717) is 23.9 Å². The highest BCUT2D eigenvalue weighted by atomic mass is 35.5. The maximum atomic E-state index is 13.1. The number of hydrogen-bond acceptors (Lipinski definition) is 3. The van der Waals surface area contributed by atoms with E-state index < -0.39 is 9.84 Å². The quantitative estimate of drug-likeness (QED) is 0.816. The average molecular weight is 356 g/mol. The molecule has 0 radical (unpaired) electrons. The second-order valence-electron chi connectivity index (χ2n) is 6.55. The first-order valence-corrected chi connectivity index (χ1v) is 10.4. The van der Waals surface area contributed by atoms with Crippen molar-refractivity contribution >= 4 is 27.3 Å². The van der Waals surface area contributed by atoms with E-state index in [1.807, 2.05) is 31.2 Å². The highest BCUT2D eigenvalue weighted by molar-refractivity contribution is 7.91. The van der Waals surface area contributed by atoms with Crippen molar-refractivity contribution in [3.63, 3.8) is 0 Å². The van der Waals surface area contributed by atoms with Crippen LogP contribution in [0.2, 0.25) is 5.02 Å². The second-order valence-corrected chi connectivity index (χ2v) is 9.21. The maximum absolute atomic E-state index is 13.1. The van der Waals surface area contributed by atoms with E-state index in [9.17, 15) is 13.2 Å². The molecule has 1 saturated carbocycles. The molecule has 23 heavy (non-hydrogen) atoms. The van der Waals surface area contributed by atoms with Crippen LogP contribution in [0.3, 0.4) is 0 Å². The number of sulfone groups is 1. The molecule has 1 heterocycles. The summed E-state index contributed by atoms with van der Waals surface area (Å²) in [6.07, 6.45) is 2.67. The summed E-state index contributed by atoms with van der Waals surface area (Å²) in [5, 5.41) is 0.657. The van der Waals surface area contributed by atoms with Crippen molar-refractivity contribution in [2.75, 3.05) is 18.1 Å². The number of likely N-dealkylation sites (N-methyl/N-ethyl adjacent to an activating group) is 1. The zero-order chi connectivity index (χ0) is 16.6. The number of amides is 1. The van der Waals surface area contributed by atoms with Crippen LogP contribution in [-0.2, 0) is 14.6 Å². The Kier molecular flexibility index (Phi) is 4.70. The summed E-state index contributed by atoms with van der Waals surface area (Å²) < 4.78 is 23.5. The van der Waals surface area contributed by atoms with Crippen molar-refractivity contribution in [1.29, 1.82) is 0 Å². The summed E-state index contributed by atoms with van der Waals surface area (Å²) >= 11 is 5.95. The molecule has 2 fully saturated rings. The fraction of sp³-hybridized carbons (Fsp3) is 0.588. The Morgan fingerprint density at radius 1 is 1.26 bits per heavy atom. The van der Waals surface area contributed by atoms with Gasteiger partial charge >= 0.3 is 0 Å². The highest BCUT2D eigenvalue weighted by Crippen LogP contribution is 2.44. The van der Waals surface area contributed by atoms with Crippen LogP contribution in [0.25, 0.3) is 0 Å². The molecule has 2 aliphatic rings. The topological polar surface area (TPSA) is 54.5 Å². The first-order valence-electron chi connectivity index (χ1n) is 8.17. The van der Waals surface area contributed by atoms with Gasteiger partial charge in [-0.15, -0.1) is 0 Å². The molecule has 1 aromatic rings. The van der Waals surface area contributed by atoms with Crippen LogP contribution in [0, 0.1) is 5.92 Å². The smallest absolute Gasteiger partial charge is 0.230 e. The van der Waals surface area contributed by atoms with Crippen LogP contribution in [0.15, 0.2) is 24.3 Å². The lowest BCUT2D eigenvalue weighted by molar-refractivity contribution is -0.135. The van der Waals surface area contributed by atoms with Gasteiger partial charge in [-0.25, -0.2) is 8.42 Å². The summed E-state index contributed by atoms with van der Waals surface area (Å²) in [5.41, 5.74) is 0.987. The van der Waals surface area contributed by atoms with Gasteiger partial charge in [-0.05, 0) is 49.8 Å². The van der Waals surface area contributed by atoms with Gasteiger partial charge in [-0.3, -0.25) is 4.79 Å². The lowest BCUT2D eigenvalue weighted by atomic mass is 9.92. The number of nitrogens with zero attached hydrogens (tertiary/aromatic N) is 1. The lowest BCUT2D eigenvalue weighted by Crippen LogP contribution is -2.44. The van der Waals surface area contributed by atoms with Gasteiger partial charge < -0.3 is 4.90 Å². The van der Waals surface area contributed by atoms with Crippen molar-refractivity contribution in [2.24, 2.45) is 5.92 Å². The Morgan fingerprint density at radius 2 is 1.91 bits per heavy atom. The molecule has 4 nitrogen and oxygen atoms in total. The fourth-order valence-electron chi connectivity index (χ4n) is 3.51. The number of carbonyl (C=O) groups excluding carboxylic acids is 1. The first-order chi connectivity index (χ1) is 10.9. The van der Waals surface area contributed by atoms with E-state index in [1.54, 1.807) is 4.90 Å². The van der Waals surface area contributed by atoms with E-state index in [1.165, 1.54) is 0 Å². The normalized spacial score (nSPS) is 24.3. The van der Waals surface area contributed by atoms with Gasteiger partial charge in [0, 0.05) is 17.6 Å². The molecule has 2 unspecified atom stereocenters. The van der Waals surface area contributed by atoms with Crippen molar-refractivity contribution < 1.29 is 13.2 Å².